The molecule has 0 radical (unpaired) electrons. The van der Waals surface area contributed by atoms with E-state index < -0.39 is 9.84 Å². The average molecular weight is 290 g/mol. The van der Waals surface area contributed by atoms with Crippen molar-refractivity contribution in [2.75, 3.05) is 12.8 Å². The highest BCUT2D eigenvalue weighted by molar-refractivity contribution is 7.91. The lowest BCUT2D eigenvalue weighted by Crippen LogP contribution is -2.24. The van der Waals surface area contributed by atoms with Gasteiger partial charge >= 0.3 is 0 Å². The Morgan fingerprint density at radius 2 is 1.89 bits per heavy atom. The molecule has 0 saturated carbocycles. The van der Waals surface area contributed by atoms with Gasteiger partial charge in [0.15, 0.2) is 9.84 Å². The quantitative estimate of drug-likeness (QED) is 0.839. The van der Waals surface area contributed by atoms with Crippen LogP contribution in [0.15, 0.2) is 29.2 Å². The van der Waals surface area contributed by atoms with Gasteiger partial charge in [0.25, 0.3) is 0 Å². The Hall–Kier alpha value is -0.580. The van der Waals surface area contributed by atoms with Crippen LogP contribution in [0.3, 0.4) is 0 Å². The van der Waals surface area contributed by atoms with Crippen molar-refractivity contribution in [3.63, 3.8) is 0 Å². The molecule has 0 aliphatic carbocycles. The minimum Gasteiger partial charge on any atom is -0.317 e. The number of hydrogen-bond donors (Lipinski definition) is 1. The minimum absolute atomic E-state index is 0.187. The molecule has 3 nitrogen and oxygen atoms in total. The molecule has 102 valence electrons. The van der Waals surface area contributed by atoms with E-state index in [9.17, 15) is 8.42 Å². The lowest BCUT2D eigenvalue weighted by Gasteiger charge is -2.13. The third kappa shape index (κ3) is 4.59. The molecule has 1 aromatic rings. The number of hydrogen-bond acceptors (Lipinski definition) is 3. The fourth-order valence-corrected chi connectivity index (χ4v) is 3.29. The number of halogens is 1. The number of nitrogens with one attached hydrogen (secondary N) is 1. The minimum atomic E-state index is -3.18. The van der Waals surface area contributed by atoms with Crippen LogP contribution in [-0.4, -0.2) is 27.3 Å². The van der Waals surface area contributed by atoms with Gasteiger partial charge in [-0.3, -0.25) is 0 Å². The topological polar surface area (TPSA) is 46.2 Å². The maximum atomic E-state index is 12.0. The summed E-state index contributed by atoms with van der Waals surface area (Å²) < 4.78 is 24.1. The molecule has 0 aliphatic heterocycles. The summed E-state index contributed by atoms with van der Waals surface area (Å²) >= 11 is 5.74. The third-order valence-electron chi connectivity index (χ3n) is 3.04. The molecule has 0 aliphatic rings. The molecule has 0 heterocycles. The predicted molar refractivity (Wildman–Crippen MR) is 75.9 cm³/mol. The van der Waals surface area contributed by atoms with Gasteiger partial charge in [0.05, 0.1) is 10.6 Å². The van der Waals surface area contributed by atoms with E-state index in [2.05, 4.69) is 12.2 Å². The zero-order valence-corrected chi connectivity index (χ0v) is 12.4. The average Bonchev–Trinajstić information content (AvgIpc) is 2.35. The van der Waals surface area contributed by atoms with Gasteiger partial charge in [0.1, 0.15) is 0 Å². The second-order valence-electron chi connectivity index (χ2n) is 4.31. The smallest absolute Gasteiger partial charge is 0.178 e. The molecule has 0 bridgehead atoms. The summed E-state index contributed by atoms with van der Waals surface area (Å²) in [6.07, 6.45) is 2.56. The van der Waals surface area contributed by atoms with Crippen molar-refractivity contribution in [2.45, 2.75) is 37.1 Å². The number of rotatable bonds is 7. The summed E-state index contributed by atoms with van der Waals surface area (Å²) in [4.78, 5) is 0.351. The SMILES string of the molecule is CCC(CCCS(=O)(=O)c1ccc(Cl)cc1)NC. The lowest BCUT2D eigenvalue weighted by molar-refractivity contribution is 0.500. The van der Waals surface area contributed by atoms with Crippen LogP contribution in [0.25, 0.3) is 0 Å². The predicted octanol–water partition coefficient (Wildman–Crippen LogP) is 2.89. The first-order valence-corrected chi connectivity index (χ1v) is 8.18. The molecule has 1 unspecified atom stereocenters. The van der Waals surface area contributed by atoms with Gasteiger partial charge in [0, 0.05) is 11.1 Å². The molecule has 1 rings (SSSR count). The van der Waals surface area contributed by atoms with Crippen LogP contribution in [0.2, 0.25) is 5.02 Å². The van der Waals surface area contributed by atoms with E-state index in [4.69, 9.17) is 11.6 Å². The maximum absolute atomic E-state index is 12.0. The molecule has 5 heteroatoms. The zero-order valence-electron chi connectivity index (χ0n) is 10.8. The highest BCUT2D eigenvalue weighted by Gasteiger charge is 2.14. The van der Waals surface area contributed by atoms with E-state index in [1.165, 1.54) is 0 Å². The van der Waals surface area contributed by atoms with Crippen molar-refractivity contribution in [3.05, 3.63) is 29.3 Å². The van der Waals surface area contributed by atoms with E-state index >= 15 is 0 Å². The summed E-state index contributed by atoms with van der Waals surface area (Å²) in [5.74, 6) is 0.187. The van der Waals surface area contributed by atoms with E-state index in [0.717, 1.165) is 12.8 Å². The second-order valence-corrected chi connectivity index (χ2v) is 6.85. The normalized spacial score (nSPS) is 13.5. The molecule has 0 fully saturated rings. The summed E-state index contributed by atoms with van der Waals surface area (Å²) in [5, 5.41) is 3.72. The van der Waals surface area contributed by atoms with E-state index in [0.29, 0.717) is 22.4 Å². The largest absolute Gasteiger partial charge is 0.317 e. The molecule has 0 saturated heterocycles. The van der Waals surface area contributed by atoms with Gasteiger partial charge in [-0.15, -0.1) is 0 Å². The van der Waals surface area contributed by atoms with Crippen molar-refractivity contribution in [1.29, 1.82) is 0 Å². The molecule has 1 N–H and O–H groups in total. The summed E-state index contributed by atoms with van der Waals surface area (Å²) in [6, 6.07) is 6.74. The van der Waals surface area contributed by atoms with Gasteiger partial charge in [-0.1, -0.05) is 18.5 Å². The summed E-state index contributed by atoms with van der Waals surface area (Å²) in [5.41, 5.74) is 0. The first-order chi connectivity index (χ1) is 8.49. The van der Waals surface area contributed by atoms with Gasteiger partial charge in [-0.05, 0) is 50.6 Å². The van der Waals surface area contributed by atoms with Crippen molar-refractivity contribution in [3.8, 4) is 0 Å². The molecular weight excluding hydrogens is 270 g/mol. The summed E-state index contributed by atoms with van der Waals surface area (Å²) in [6.45, 7) is 2.09. The van der Waals surface area contributed by atoms with Crippen LogP contribution in [-0.2, 0) is 9.84 Å². The molecule has 0 amide bonds. The highest BCUT2D eigenvalue weighted by Crippen LogP contribution is 2.16. The van der Waals surface area contributed by atoms with Crippen molar-refractivity contribution in [1.82, 2.24) is 5.32 Å². The Morgan fingerprint density at radius 3 is 2.39 bits per heavy atom. The van der Waals surface area contributed by atoms with Crippen LogP contribution in [0.4, 0.5) is 0 Å². The molecule has 0 aromatic heterocycles. The van der Waals surface area contributed by atoms with Gasteiger partial charge in [-0.25, -0.2) is 8.42 Å². The standard InChI is InChI=1S/C13H20ClNO2S/c1-3-12(15-2)5-4-10-18(16,17)13-8-6-11(14)7-9-13/h6-9,12,15H,3-5,10H2,1-2H3. The van der Waals surface area contributed by atoms with Gasteiger partial charge in [0.2, 0.25) is 0 Å². The Bertz CT molecular complexity index is 452. The molecule has 18 heavy (non-hydrogen) atoms. The Morgan fingerprint density at radius 1 is 1.28 bits per heavy atom. The molecular formula is C13H20ClNO2S. The van der Waals surface area contributed by atoms with Crippen LogP contribution in [0, 0.1) is 0 Å². The van der Waals surface area contributed by atoms with Crippen molar-refractivity contribution in [2.24, 2.45) is 0 Å². The fraction of sp³-hybridized carbons (Fsp3) is 0.538. The third-order valence-corrected chi connectivity index (χ3v) is 5.11. The van der Waals surface area contributed by atoms with Gasteiger partial charge < -0.3 is 5.32 Å². The molecule has 1 aromatic carbocycles. The van der Waals surface area contributed by atoms with Crippen molar-refractivity contribution < 1.29 is 8.42 Å². The lowest BCUT2D eigenvalue weighted by atomic mass is 10.1. The van der Waals surface area contributed by atoms with E-state index in [1.54, 1.807) is 24.3 Å². The van der Waals surface area contributed by atoms with Crippen LogP contribution < -0.4 is 5.32 Å². The van der Waals surface area contributed by atoms with E-state index in [1.807, 2.05) is 7.05 Å². The van der Waals surface area contributed by atoms with E-state index in [-0.39, 0.29) is 5.75 Å². The first-order valence-electron chi connectivity index (χ1n) is 6.15. The fourth-order valence-electron chi connectivity index (χ4n) is 1.83. The number of sulfone groups is 1. The second kappa shape index (κ2) is 7.12. The van der Waals surface area contributed by atoms with Crippen LogP contribution in [0.1, 0.15) is 26.2 Å². The Balaban J connectivity index is 2.57. The van der Waals surface area contributed by atoms with Crippen LogP contribution in [0.5, 0.6) is 0 Å². The monoisotopic (exact) mass is 289 g/mol. The highest BCUT2D eigenvalue weighted by atomic mass is 35.5. The zero-order chi connectivity index (χ0) is 13.6. The maximum Gasteiger partial charge on any atom is 0.178 e. The van der Waals surface area contributed by atoms with Gasteiger partial charge in [-0.2, -0.15) is 0 Å². The number of benzene rings is 1. The van der Waals surface area contributed by atoms with Crippen molar-refractivity contribution >= 4 is 21.4 Å². The first kappa shape index (κ1) is 15.5. The Labute approximate surface area is 114 Å². The molecule has 0 spiro atoms. The van der Waals surface area contributed by atoms with Crippen LogP contribution >= 0.6 is 11.6 Å². The Kier molecular flexibility index (Phi) is 6.12. The molecule has 1 atom stereocenters. The summed E-state index contributed by atoms with van der Waals surface area (Å²) in [7, 11) is -1.27.